The predicted octanol–water partition coefficient (Wildman–Crippen LogP) is 2.60. The van der Waals surface area contributed by atoms with Crippen LogP contribution < -0.4 is 5.32 Å². The van der Waals surface area contributed by atoms with E-state index >= 15 is 0 Å². The van der Waals surface area contributed by atoms with Gasteiger partial charge in [0.15, 0.2) is 5.13 Å². The summed E-state index contributed by atoms with van der Waals surface area (Å²) in [6.45, 7) is 7.00. The molecule has 2 rings (SSSR count). The second-order valence-corrected chi connectivity index (χ2v) is 6.66. The molecule has 2 N–H and O–H groups in total. The SMILES string of the molecule is Cc1cc(C)c(-c2csc(NC(=O)CN(C)CCO)n2)cc1C. The molecule has 1 heterocycles. The fourth-order valence-corrected chi connectivity index (χ4v) is 3.07. The second-order valence-electron chi connectivity index (χ2n) is 5.80. The van der Waals surface area contributed by atoms with Crippen molar-refractivity contribution in [2.45, 2.75) is 20.8 Å². The minimum Gasteiger partial charge on any atom is -0.395 e. The van der Waals surface area contributed by atoms with E-state index in [1.807, 2.05) is 5.38 Å². The molecule has 0 bridgehead atoms. The normalized spacial score (nSPS) is 11.0. The minimum atomic E-state index is -0.126. The average molecular weight is 333 g/mol. The second kappa shape index (κ2) is 7.68. The molecular weight excluding hydrogens is 310 g/mol. The van der Waals surface area contributed by atoms with E-state index in [-0.39, 0.29) is 19.1 Å². The van der Waals surface area contributed by atoms with Crippen molar-refractivity contribution in [2.24, 2.45) is 0 Å². The van der Waals surface area contributed by atoms with Crippen molar-refractivity contribution in [2.75, 3.05) is 32.1 Å². The van der Waals surface area contributed by atoms with Gasteiger partial charge in [-0.2, -0.15) is 0 Å². The fraction of sp³-hybridized carbons (Fsp3) is 0.412. The van der Waals surface area contributed by atoms with Gasteiger partial charge in [0.25, 0.3) is 0 Å². The smallest absolute Gasteiger partial charge is 0.240 e. The summed E-state index contributed by atoms with van der Waals surface area (Å²) >= 11 is 1.42. The van der Waals surface area contributed by atoms with Crippen molar-refractivity contribution in [3.63, 3.8) is 0 Å². The Morgan fingerprint density at radius 2 is 1.96 bits per heavy atom. The maximum Gasteiger partial charge on any atom is 0.240 e. The number of nitrogens with one attached hydrogen (secondary N) is 1. The van der Waals surface area contributed by atoms with Gasteiger partial charge in [-0.1, -0.05) is 6.07 Å². The van der Waals surface area contributed by atoms with E-state index in [0.29, 0.717) is 11.7 Å². The third-order valence-corrected chi connectivity index (χ3v) is 4.52. The number of carbonyl (C=O) groups is 1. The van der Waals surface area contributed by atoms with Gasteiger partial charge in [0, 0.05) is 17.5 Å². The van der Waals surface area contributed by atoms with Gasteiger partial charge >= 0.3 is 0 Å². The standard InChI is InChI=1S/C17H23N3O2S/c1-11-7-13(3)14(8-12(11)2)15-10-23-17(18-15)19-16(22)9-20(4)5-6-21/h7-8,10,21H,5-6,9H2,1-4H3,(H,18,19,22). The highest BCUT2D eigenvalue weighted by atomic mass is 32.1. The van der Waals surface area contributed by atoms with E-state index in [0.717, 1.165) is 11.3 Å². The van der Waals surface area contributed by atoms with Crippen LogP contribution in [0.15, 0.2) is 17.5 Å². The van der Waals surface area contributed by atoms with Crippen LogP contribution in [-0.4, -0.2) is 47.6 Å². The van der Waals surface area contributed by atoms with Gasteiger partial charge in [-0.05, 0) is 50.6 Å². The molecule has 0 atom stereocenters. The zero-order valence-corrected chi connectivity index (χ0v) is 14.8. The molecule has 0 spiro atoms. The number of aliphatic hydroxyl groups is 1. The van der Waals surface area contributed by atoms with Crippen molar-refractivity contribution >= 4 is 22.4 Å². The molecule has 0 aliphatic rings. The number of amides is 1. The van der Waals surface area contributed by atoms with Crippen molar-refractivity contribution in [1.29, 1.82) is 0 Å². The first-order valence-corrected chi connectivity index (χ1v) is 8.41. The summed E-state index contributed by atoms with van der Waals surface area (Å²) in [5, 5.41) is 14.2. The highest BCUT2D eigenvalue weighted by Crippen LogP contribution is 2.29. The Morgan fingerprint density at radius 3 is 2.65 bits per heavy atom. The summed E-state index contributed by atoms with van der Waals surface area (Å²) in [6, 6.07) is 4.30. The molecule has 2 aromatic rings. The highest BCUT2D eigenvalue weighted by Gasteiger charge is 2.12. The molecule has 23 heavy (non-hydrogen) atoms. The van der Waals surface area contributed by atoms with Crippen LogP contribution in [-0.2, 0) is 4.79 Å². The number of hydrogen-bond acceptors (Lipinski definition) is 5. The van der Waals surface area contributed by atoms with Crippen LogP contribution in [0.25, 0.3) is 11.3 Å². The van der Waals surface area contributed by atoms with Gasteiger partial charge in [-0.3, -0.25) is 9.69 Å². The van der Waals surface area contributed by atoms with Crippen LogP contribution in [0.1, 0.15) is 16.7 Å². The van der Waals surface area contributed by atoms with E-state index in [4.69, 9.17) is 5.11 Å². The molecule has 0 aliphatic heterocycles. The number of thiazole rings is 1. The number of rotatable bonds is 6. The van der Waals surface area contributed by atoms with Crippen LogP contribution in [0.3, 0.4) is 0 Å². The Bertz CT molecular complexity index is 697. The first-order chi connectivity index (χ1) is 10.9. The lowest BCUT2D eigenvalue weighted by molar-refractivity contribution is -0.117. The van der Waals surface area contributed by atoms with E-state index < -0.39 is 0 Å². The van der Waals surface area contributed by atoms with E-state index in [9.17, 15) is 4.79 Å². The van der Waals surface area contributed by atoms with Crippen molar-refractivity contribution in [3.05, 3.63) is 34.2 Å². The first-order valence-electron chi connectivity index (χ1n) is 7.53. The fourth-order valence-electron chi connectivity index (χ4n) is 2.35. The van der Waals surface area contributed by atoms with Gasteiger partial charge in [-0.25, -0.2) is 4.98 Å². The monoisotopic (exact) mass is 333 g/mol. The lowest BCUT2D eigenvalue weighted by Gasteiger charge is -2.13. The summed E-state index contributed by atoms with van der Waals surface area (Å²) in [5.41, 5.74) is 5.66. The third-order valence-electron chi connectivity index (χ3n) is 3.76. The molecular formula is C17H23N3O2S. The van der Waals surface area contributed by atoms with E-state index in [1.54, 1.807) is 11.9 Å². The molecule has 0 aliphatic carbocycles. The van der Waals surface area contributed by atoms with Crippen LogP contribution >= 0.6 is 11.3 Å². The number of hydrogen-bond donors (Lipinski definition) is 2. The van der Waals surface area contributed by atoms with E-state index in [1.165, 1.54) is 28.0 Å². The number of likely N-dealkylation sites (N-methyl/N-ethyl adjacent to an activating group) is 1. The Balaban J connectivity index is 2.09. The summed E-state index contributed by atoms with van der Waals surface area (Å²) in [5.74, 6) is -0.126. The maximum atomic E-state index is 11.9. The molecule has 5 nitrogen and oxygen atoms in total. The zero-order valence-electron chi connectivity index (χ0n) is 14.0. The number of aromatic nitrogens is 1. The van der Waals surface area contributed by atoms with Crippen LogP contribution in [0, 0.1) is 20.8 Å². The number of anilines is 1. The summed E-state index contributed by atoms with van der Waals surface area (Å²) in [7, 11) is 1.79. The molecule has 0 fully saturated rings. The molecule has 0 saturated carbocycles. The third kappa shape index (κ3) is 4.60. The Kier molecular flexibility index (Phi) is 5.87. The number of benzene rings is 1. The minimum absolute atomic E-state index is 0.0389. The van der Waals surface area contributed by atoms with Gasteiger partial charge in [-0.15, -0.1) is 11.3 Å². The molecule has 0 saturated heterocycles. The molecule has 0 radical (unpaired) electrons. The molecule has 1 aromatic heterocycles. The summed E-state index contributed by atoms with van der Waals surface area (Å²) in [4.78, 5) is 18.2. The Morgan fingerprint density at radius 1 is 1.26 bits per heavy atom. The highest BCUT2D eigenvalue weighted by molar-refractivity contribution is 7.14. The number of carbonyl (C=O) groups excluding carboxylic acids is 1. The van der Waals surface area contributed by atoms with Gasteiger partial charge in [0.2, 0.25) is 5.91 Å². The van der Waals surface area contributed by atoms with Crippen LogP contribution in [0.4, 0.5) is 5.13 Å². The quantitative estimate of drug-likeness (QED) is 0.853. The van der Waals surface area contributed by atoms with Crippen LogP contribution in [0.2, 0.25) is 0 Å². The van der Waals surface area contributed by atoms with Crippen LogP contribution in [0.5, 0.6) is 0 Å². The number of nitrogens with zero attached hydrogens (tertiary/aromatic N) is 2. The van der Waals surface area contributed by atoms with Crippen molar-refractivity contribution in [1.82, 2.24) is 9.88 Å². The molecule has 1 amide bonds. The largest absolute Gasteiger partial charge is 0.395 e. The van der Waals surface area contributed by atoms with E-state index in [2.05, 4.69) is 43.2 Å². The Hall–Kier alpha value is -1.76. The van der Waals surface area contributed by atoms with Gasteiger partial charge in [0.1, 0.15) is 0 Å². The van der Waals surface area contributed by atoms with Gasteiger partial charge < -0.3 is 10.4 Å². The average Bonchev–Trinajstić information content (AvgIpc) is 2.91. The Labute approximate surface area is 141 Å². The van der Waals surface area contributed by atoms with Crippen molar-refractivity contribution < 1.29 is 9.90 Å². The van der Waals surface area contributed by atoms with Crippen molar-refractivity contribution in [3.8, 4) is 11.3 Å². The predicted molar refractivity (Wildman–Crippen MR) is 95.0 cm³/mol. The number of aryl methyl sites for hydroxylation is 3. The molecule has 124 valence electrons. The lowest BCUT2D eigenvalue weighted by Crippen LogP contribution is -2.32. The number of aliphatic hydroxyl groups excluding tert-OH is 1. The lowest BCUT2D eigenvalue weighted by atomic mass is 9.99. The first kappa shape index (κ1) is 17.6. The zero-order chi connectivity index (χ0) is 17.0. The molecule has 0 unspecified atom stereocenters. The van der Waals surface area contributed by atoms with Gasteiger partial charge in [0.05, 0.1) is 18.8 Å². The summed E-state index contributed by atoms with van der Waals surface area (Å²) in [6.07, 6.45) is 0. The summed E-state index contributed by atoms with van der Waals surface area (Å²) < 4.78 is 0. The molecule has 1 aromatic carbocycles. The maximum absolute atomic E-state index is 11.9. The topological polar surface area (TPSA) is 65.5 Å². The molecule has 6 heteroatoms.